The van der Waals surface area contributed by atoms with Crippen molar-refractivity contribution in [3.8, 4) is 11.5 Å². The van der Waals surface area contributed by atoms with Gasteiger partial charge in [-0.2, -0.15) is 0 Å². The van der Waals surface area contributed by atoms with Crippen LogP contribution in [-0.4, -0.2) is 16.4 Å². The molecule has 0 fully saturated rings. The van der Waals surface area contributed by atoms with Crippen LogP contribution in [0, 0.1) is 17.4 Å². The van der Waals surface area contributed by atoms with E-state index in [4.69, 9.17) is 4.43 Å². The summed E-state index contributed by atoms with van der Waals surface area (Å²) in [7, 11) is -2.66. The van der Waals surface area contributed by atoms with E-state index in [1.54, 1.807) is 0 Å². The van der Waals surface area contributed by atoms with Crippen LogP contribution in [0.1, 0.15) is 39.0 Å². The van der Waals surface area contributed by atoms with E-state index in [-0.39, 0.29) is 0 Å². The summed E-state index contributed by atoms with van der Waals surface area (Å²) in [6, 6.07) is 0. The van der Waals surface area contributed by atoms with Crippen LogP contribution < -0.4 is 0 Å². The van der Waals surface area contributed by atoms with E-state index in [0.29, 0.717) is 5.92 Å². The average Bonchev–Trinajstić information content (AvgIpc) is 2.26. The number of allylic oxidation sites excluding steroid dienone is 2. The topological polar surface area (TPSA) is 9.23 Å². The van der Waals surface area contributed by atoms with Gasteiger partial charge in [-0.15, -0.1) is 11.5 Å². The SMILES string of the molecule is CC1=C(O[Si](C)(C)C)CCCC1CCC#C[Si](C)(C)C. The molecule has 0 radical (unpaired) electrons. The molecule has 114 valence electrons. The Balaban J connectivity index is 2.62. The summed E-state index contributed by atoms with van der Waals surface area (Å²) >= 11 is 0. The minimum absolute atomic E-state index is 0.700. The van der Waals surface area contributed by atoms with E-state index in [0.717, 1.165) is 12.8 Å². The second-order valence-electron chi connectivity index (χ2n) is 8.00. The highest BCUT2D eigenvalue weighted by molar-refractivity contribution is 6.83. The smallest absolute Gasteiger partial charge is 0.241 e. The monoisotopic (exact) mass is 308 g/mol. The Morgan fingerprint density at radius 1 is 1.15 bits per heavy atom. The first-order valence-electron chi connectivity index (χ1n) is 7.97. The molecule has 0 aromatic carbocycles. The maximum absolute atomic E-state index is 6.27. The molecule has 0 bridgehead atoms. The van der Waals surface area contributed by atoms with Gasteiger partial charge in [0.05, 0.1) is 5.76 Å². The van der Waals surface area contributed by atoms with Gasteiger partial charge in [-0.3, -0.25) is 0 Å². The van der Waals surface area contributed by atoms with Crippen LogP contribution in [0.15, 0.2) is 11.3 Å². The molecule has 0 amide bonds. The Morgan fingerprint density at radius 3 is 2.35 bits per heavy atom. The Bertz CT molecular complexity index is 413. The van der Waals surface area contributed by atoms with Crippen molar-refractivity contribution in [2.75, 3.05) is 0 Å². The second kappa shape index (κ2) is 7.00. The van der Waals surface area contributed by atoms with Crippen LogP contribution >= 0.6 is 0 Å². The Morgan fingerprint density at radius 2 is 1.80 bits per heavy atom. The van der Waals surface area contributed by atoms with Gasteiger partial charge >= 0.3 is 0 Å². The Hall–Kier alpha value is -0.466. The van der Waals surface area contributed by atoms with Gasteiger partial charge in [0.2, 0.25) is 8.32 Å². The van der Waals surface area contributed by atoms with Crippen molar-refractivity contribution < 1.29 is 4.43 Å². The quantitative estimate of drug-likeness (QED) is 0.487. The van der Waals surface area contributed by atoms with Crippen LogP contribution in [0.4, 0.5) is 0 Å². The molecule has 0 N–H and O–H groups in total. The minimum Gasteiger partial charge on any atom is -0.547 e. The molecule has 0 aliphatic heterocycles. The minimum atomic E-state index is -1.46. The predicted molar refractivity (Wildman–Crippen MR) is 94.8 cm³/mol. The molecular formula is C17H32OSi2. The summed E-state index contributed by atoms with van der Waals surface area (Å²) in [6.45, 7) is 16.0. The van der Waals surface area contributed by atoms with Gasteiger partial charge < -0.3 is 4.43 Å². The molecule has 1 aliphatic carbocycles. The summed E-state index contributed by atoms with van der Waals surface area (Å²) in [4.78, 5) is 0. The number of rotatable bonds is 4. The lowest BCUT2D eigenvalue weighted by Gasteiger charge is -2.30. The van der Waals surface area contributed by atoms with Crippen molar-refractivity contribution in [3.05, 3.63) is 11.3 Å². The molecule has 3 heteroatoms. The van der Waals surface area contributed by atoms with E-state index in [9.17, 15) is 0 Å². The molecule has 1 aliphatic rings. The molecule has 0 aromatic heterocycles. The summed E-state index contributed by atoms with van der Waals surface area (Å²) in [5.41, 5.74) is 4.98. The van der Waals surface area contributed by atoms with Crippen LogP contribution in [0.25, 0.3) is 0 Å². The molecule has 1 nitrogen and oxygen atoms in total. The maximum Gasteiger partial charge on any atom is 0.241 e. The molecule has 1 rings (SSSR count). The van der Waals surface area contributed by atoms with Crippen LogP contribution in [0.2, 0.25) is 39.3 Å². The molecule has 1 unspecified atom stereocenters. The van der Waals surface area contributed by atoms with Crippen molar-refractivity contribution >= 4 is 16.4 Å². The van der Waals surface area contributed by atoms with E-state index in [1.807, 2.05) is 0 Å². The van der Waals surface area contributed by atoms with E-state index >= 15 is 0 Å². The molecule has 0 aromatic rings. The third-order valence-electron chi connectivity index (χ3n) is 3.52. The zero-order chi connectivity index (χ0) is 15.4. The lowest BCUT2D eigenvalue weighted by Crippen LogP contribution is -2.27. The average molecular weight is 309 g/mol. The summed E-state index contributed by atoms with van der Waals surface area (Å²) in [5.74, 6) is 5.42. The van der Waals surface area contributed by atoms with E-state index in [2.05, 4.69) is 57.7 Å². The van der Waals surface area contributed by atoms with Gasteiger partial charge in [0, 0.05) is 12.8 Å². The number of hydrogen-bond donors (Lipinski definition) is 0. The maximum atomic E-state index is 6.27. The van der Waals surface area contributed by atoms with Gasteiger partial charge in [-0.05, 0) is 57.3 Å². The molecule has 20 heavy (non-hydrogen) atoms. The largest absolute Gasteiger partial charge is 0.547 e. The zero-order valence-electron chi connectivity index (χ0n) is 14.5. The highest BCUT2D eigenvalue weighted by Gasteiger charge is 2.25. The van der Waals surface area contributed by atoms with Crippen LogP contribution in [-0.2, 0) is 4.43 Å². The zero-order valence-corrected chi connectivity index (χ0v) is 16.5. The Labute approximate surface area is 128 Å². The van der Waals surface area contributed by atoms with Gasteiger partial charge in [0.1, 0.15) is 8.07 Å². The van der Waals surface area contributed by atoms with Crippen molar-refractivity contribution in [1.29, 1.82) is 0 Å². The van der Waals surface area contributed by atoms with Gasteiger partial charge in [-0.25, -0.2) is 0 Å². The standard InChI is InChI=1S/C17H32OSi2/c1-15-16(11-8-9-14-19(2,3)4)12-10-13-17(15)18-20(5,6)7/h16H,8,10-13H2,1-7H3. The third-order valence-corrected chi connectivity index (χ3v) is 5.30. The third kappa shape index (κ3) is 6.81. The lowest BCUT2D eigenvalue weighted by molar-refractivity contribution is 0.338. The first-order valence-corrected chi connectivity index (χ1v) is 14.9. The van der Waals surface area contributed by atoms with Crippen molar-refractivity contribution in [1.82, 2.24) is 0 Å². The molecule has 0 saturated heterocycles. The van der Waals surface area contributed by atoms with Crippen molar-refractivity contribution in [3.63, 3.8) is 0 Å². The first kappa shape index (κ1) is 17.6. The fourth-order valence-electron chi connectivity index (χ4n) is 2.59. The van der Waals surface area contributed by atoms with Gasteiger partial charge in [0.25, 0.3) is 0 Å². The molecule has 1 atom stereocenters. The van der Waals surface area contributed by atoms with Crippen molar-refractivity contribution in [2.24, 2.45) is 5.92 Å². The fourth-order valence-corrected chi connectivity index (χ4v) is 4.24. The van der Waals surface area contributed by atoms with Crippen LogP contribution in [0.3, 0.4) is 0 Å². The highest BCUT2D eigenvalue weighted by Crippen LogP contribution is 2.34. The normalized spacial score (nSPS) is 20.4. The molecule has 0 heterocycles. The van der Waals surface area contributed by atoms with E-state index < -0.39 is 16.4 Å². The lowest BCUT2D eigenvalue weighted by atomic mass is 9.84. The molecular weight excluding hydrogens is 276 g/mol. The number of hydrogen-bond acceptors (Lipinski definition) is 1. The van der Waals surface area contributed by atoms with Gasteiger partial charge in [-0.1, -0.05) is 19.6 Å². The van der Waals surface area contributed by atoms with Crippen molar-refractivity contribution in [2.45, 2.75) is 78.3 Å². The first-order chi connectivity index (χ1) is 9.08. The highest BCUT2D eigenvalue weighted by atomic mass is 28.4. The summed E-state index contributed by atoms with van der Waals surface area (Å²) in [6.07, 6.45) is 6.00. The van der Waals surface area contributed by atoms with Gasteiger partial charge in [0.15, 0.2) is 0 Å². The molecule has 0 saturated carbocycles. The van der Waals surface area contributed by atoms with Crippen LogP contribution in [0.5, 0.6) is 0 Å². The summed E-state index contributed by atoms with van der Waals surface area (Å²) in [5, 5.41) is 0. The fraction of sp³-hybridized carbons (Fsp3) is 0.765. The van der Waals surface area contributed by atoms with E-state index in [1.165, 1.54) is 30.6 Å². The second-order valence-corrected chi connectivity index (χ2v) is 17.2. The summed E-state index contributed by atoms with van der Waals surface area (Å²) < 4.78 is 6.27. The predicted octanol–water partition coefficient (Wildman–Crippen LogP) is 5.57. The Kier molecular flexibility index (Phi) is 6.15. The molecule has 0 spiro atoms.